The number of nitrogens with one attached hydrogen (secondary N) is 2. The second kappa shape index (κ2) is 6.98. The van der Waals surface area contributed by atoms with Gasteiger partial charge >= 0.3 is 12.0 Å². The molecule has 8 heteroatoms. The van der Waals surface area contributed by atoms with Crippen LogP contribution in [0, 0.1) is 11.6 Å². The fourth-order valence-electron chi connectivity index (χ4n) is 1.47. The molecule has 1 unspecified atom stereocenters. The van der Waals surface area contributed by atoms with Gasteiger partial charge in [0, 0.05) is 12.6 Å². The van der Waals surface area contributed by atoms with E-state index in [1.54, 1.807) is 0 Å². The topological polar surface area (TPSA) is 98.7 Å². The Morgan fingerprint density at radius 3 is 2.29 bits per heavy atom. The molecule has 0 saturated heterocycles. The van der Waals surface area contributed by atoms with Gasteiger partial charge in [0.15, 0.2) is 5.60 Å². The molecule has 0 aromatic heterocycles. The Balaban J connectivity index is 2.35. The molecule has 4 N–H and O–H groups in total. The van der Waals surface area contributed by atoms with Crippen molar-refractivity contribution in [1.29, 1.82) is 0 Å². The van der Waals surface area contributed by atoms with Gasteiger partial charge in [0.2, 0.25) is 0 Å². The van der Waals surface area contributed by atoms with Gasteiger partial charge in [-0.2, -0.15) is 0 Å². The van der Waals surface area contributed by atoms with Crippen LogP contribution < -0.4 is 10.6 Å². The Hall–Kier alpha value is -2.22. The van der Waals surface area contributed by atoms with E-state index in [1.165, 1.54) is 0 Å². The van der Waals surface area contributed by atoms with E-state index in [0.717, 1.165) is 25.1 Å². The number of aliphatic hydroxyl groups is 1. The van der Waals surface area contributed by atoms with Crippen LogP contribution in [0.5, 0.6) is 0 Å². The highest BCUT2D eigenvalue weighted by molar-refractivity contribution is 5.79. The molecule has 0 aliphatic rings. The first-order chi connectivity index (χ1) is 9.70. The molecule has 0 heterocycles. The van der Waals surface area contributed by atoms with Crippen LogP contribution in [0.3, 0.4) is 0 Å². The summed E-state index contributed by atoms with van der Waals surface area (Å²) in [6.45, 7) is 0.678. The number of carboxylic acids is 1. The number of hydrogen-bond acceptors (Lipinski definition) is 3. The van der Waals surface area contributed by atoms with Gasteiger partial charge < -0.3 is 20.8 Å². The number of carbonyl (C=O) groups excluding carboxylic acids is 1. The molecule has 21 heavy (non-hydrogen) atoms. The fraction of sp³-hybridized carbons (Fsp3) is 0.385. The van der Waals surface area contributed by atoms with Crippen LogP contribution in [0.4, 0.5) is 13.6 Å². The minimum atomic E-state index is -2.07. The van der Waals surface area contributed by atoms with E-state index in [-0.39, 0.29) is 13.0 Å². The zero-order valence-electron chi connectivity index (χ0n) is 11.3. The summed E-state index contributed by atoms with van der Waals surface area (Å²) in [7, 11) is 0. The standard InChI is InChI=1S/C13H16F2N2O4/c1-13(21,11(18)19)7-17-12(20)16-3-2-8-4-9(14)6-10(15)5-8/h4-6,21H,2-3,7H2,1H3,(H,18,19)(H2,16,17,20). The summed E-state index contributed by atoms with van der Waals surface area (Å²) >= 11 is 0. The number of carboxylic acid groups (broad SMARTS) is 1. The van der Waals surface area contributed by atoms with Crippen molar-refractivity contribution in [2.45, 2.75) is 18.9 Å². The third-order valence-corrected chi connectivity index (χ3v) is 2.68. The third kappa shape index (κ3) is 5.74. The normalized spacial score (nSPS) is 13.3. The van der Waals surface area contributed by atoms with E-state index in [4.69, 9.17) is 5.11 Å². The number of rotatable bonds is 6. The highest BCUT2D eigenvalue weighted by atomic mass is 19.1. The van der Waals surface area contributed by atoms with Gasteiger partial charge in [-0.15, -0.1) is 0 Å². The average Bonchev–Trinajstić information content (AvgIpc) is 2.35. The second-order valence-electron chi connectivity index (χ2n) is 4.72. The van der Waals surface area contributed by atoms with Crippen molar-refractivity contribution in [2.75, 3.05) is 13.1 Å². The van der Waals surface area contributed by atoms with Crippen LogP contribution in [0.1, 0.15) is 12.5 Å². The summed E-state index contributed by atoms with van der Waals surface area (Å²) in [4.78, 5) is 22.0. The molecule has 1 aromatic rings. The summed E-state index contributed by atoms with van der Waals surface area (Å²) in [6.07, 6.45) is 0.206. The Bertz CT molecular complexity index is 515. The quantitative estimate of drug-likeness (QED) is 0.620. The van der Waals surface area contributed by atoms with Crippen molar-refractivity contribution in [2.24, 2.45) is 0 Å². The molecular weight excluding hydrogens is 286 g/mol. The molecule has 0 spiro atoms. The molecule has 0 fully saturated rings. The van der Waals surface area contributed by atoms with Gasteiger partial charge in [-0.3, -0.25) is 0 Å². The summed E-state index contributed by atoms with van der Waals surface area (Å²) in [6, 6.07) is 2.36. The van der Waals surface area contributed by atoms with E-state index in [9.17, 15) is 23.5 Å². The molecular formula is C13H16F2N2O4. The number of carbonyl (C=O) groups is 2. The lowest BCUT2D eigenvalue weighted by Crippen LogP contribution is -2.49. The van der Waals surface area contributed by atoms with Crippen LogP contribution in [0.15, 0.2) is 18.2 Å². The minimum absolute atomic E-state index is 0.101. The van der Waals surface area contributed by atoms with Crippen molar-refractivity contribution in [3.8, 4) is 0 Å². The first-order valence-corrected chi connectivity index (χ1v) is 6.13. The lowest BCUT2D eigenvalue weighted by atomic mass is 10.1. The van der Waals surface area contributed by atoms with Gasteiger partial charge in [-0.1, -0.05) is 0 Å². The number of amides is 2. The maximum Gasteiger partial charge on any atom is 0.337 e. The number of benzene rings is 1. The summed E-state index contributed by atoms with van der Waals surface area (Å²) in [5, 5.41) is 22.6. The maximum atomic E-state index is 12.9. The molecule has 0 radical (unpaired) electrons. The molecule has 2 amide bonds. The number of aliphatic carboxylic acids is 1. The van der Waals surface area contributed by atoms with Gasteiger partial charge in [0.25, 0.3) is 0 Å². The van der Waals surface area contributed by atoms with E-state index < -0.39 is 35.8 Å². The van der Waals surface area contributed by atoms with Crippen molar-refractivity contribution in [3.05, 3.63) is 35.4 Å². The predicted octanol–water partition coefficient (Wildman–Crippen LogP) is 0.642. The van der Waals surface area contributed by atoms with Crippen molar-refractivity contribution >= 4 is 12.0 Å². The Labute approximate surface area is 119 Å². The Kier molecular flexibility index (Phi) is 5.60. The molecule has 6 nitrogen and oxygen atoms in total. The molecule has 0 aliphatic heterocycles. The maximum absolute atomic E-state index is 12.9. The zero-order valence-corrected chi connectivity index (χ0v) is 11.3. The van der Waals surface area contributed by atoms with E-state index in [1.807, 2.05) is 0 Å². The molecule has 116 valence electrons. The summed E-state index contributed by atoms with van der Waals surface area (Å²) in [5.74, 6) is -2.86. The smallest absolute Gasteiger partial charge is 0.337 e. The zero-order chi connectivity index (χ0) is 16.0. The lowest BCUT2D eigenvalue weighted by molar-refractivity contribution is -0.155. The van der Waals surface area contributed by atoms with Crippen molar-refractivity contribution in [3.63, 3.8) is 0 Å². The molecule has 0 bridgehead atoms. The SMILES string of the molecule is CC(O)(CNC(=O)NCCc1cc(F)cc(F)c1)C(=O)O. The Morgan fingerprint density at radius 2 is 1.76 bits per heavy atom. The summed E-state index contributed by atoms with van der Waals surface area (Å²) in [5.41, 5.74) is -1.69. The van der Waals surface area contributed by atoms with Crippen molar-refractivity contribution in [1.82, 2.24) is 10.6 Å². The average molecular weight is 302 g/mol. The van der Waals surface area contributed by atoms with Gasteiger partial charge in [-0.05, 0) is 31.0 Å². The molecule has 0 aliphatic carbocycles. The number of hydrogen-bond donors (Lipinski definition) is 4. The first kappa shape index (κ1) is 16.8. The number of urea groups is 1. The van der Waals surface area contributed by atoms with E-state index in [2.05, 4.69) is 10.6 Å². The monoisotopic (exact) mass is 302 g/mol. The molecule has 1 aromatic carbocycles. The van der Waals surface area contributed by atoms with Crippen LogP contribution >= 0.6 is 0 Å². The van der Waals surface area contributed by atoms with Crippen molar-refractivity contribution < 1.29 is 28.6 Å². The second-order valence-corrected chi connectivity index (χ2v) is 4.72. The van der Waals surface area contributed by atoms with E-state index >= 15 is 0 Å². The number of halogens is 2. The fourth-order valence-corrected chi connectivity index (χ4v) is 1.47. The van der Waals surface area contributed by atoms with Crippen LogP contribution in [-0.2, 0) is 11.2 Å². The van der Waals surface area contributed by atoms with Crippen LogP contribution in [-0.4, -0.2) is 40.9 Å². The molecule has 1 rings (SSSR count). The largest absolute Gasteiger partial charge is 0.479 e. The highest BCUT2D eigenvalue weighted by Crippen LogP contribution is 2.08. The predicted molar refractivity (Wildman–Crippen MR) is 69.7 cm³/mol. The highest BCUT2D eigenvalue weighted by Gasteiger charge is 2.30. The van der Waals surface area contributed by atoms with Crippen LogP contribution in [0.2, 0.25) is 0 Å². The molecule has 1 atom stereocenters. The molecule has 0 saturated carbocycles. The van der Waals surface area contributed by atoms with Gasteiger partial charge in [0.1, 0.15) is 11.6 Å². The minimum Gasteiger partial charge on any atom is -0.479 e. The van der Waals surface area contributed by atoms with Gasteiger partial charge in [0.05, 0.1) is 6.54 Å². The van der Waals surface area contributed by atoms with E-state index in [0.29, 0.717) is 5.56 Å². The third-order valence-electron chi connectivity index (χ3n) is 2.68. The van der Waals surface area contributed by atoms with Gasteiger partial charge in [-0.25, -0.2) is 18.4 Å². The van der Waals surface area contributed by atoms with Crippen LogP contribution in [0.25, 0.3) is 0 Å². The lowest BCUT2D eigenvalue weighted by Gasteiger charge is -2.18. The summed E-state index contributed by atoms with van der Waals surface area (Å²) < 4.78 is 25.8. The first-order valence-electron chi connectivity index (χ1n) is 6.13. The Morgan fingerprint density at radius 1 is 1.19 bits per heavy atom.